The molecule has 2 rings (SSSR count). The summed E-state index contributed by atoms with van der Waals surface area (Å²) in [6, 6.07) is 5.81. The van der Waals surface area contributed by atoms with Crippen LogP contribution in [0.2, 0.25) is 5.02 Å². The Morgan fingerprint density at radius 3 is 2.38 bits per heavy atom. The zero-order valence-corrected chi connectivity index (χ0v) is 13.4. The van der Waals surface area contributed by atoms with E-state index in [0.29, 0.717) is 10.8 Å². The summed E-state index contributed by atoms with van der Waals surface area (Å²) in [5.41, 5.74) is 5.40. The minimum absolute atomic E-state index is 0.208. The Hall–Kier alpha value is -1.85. The largest absolute Gasteiger partial charge is 0.340 e. The van der Waals surface area contributed by atoms with Crippen LogP contribution >= 0.6 is 11.6 Å². The number of rotatable bonds is 4. The van der Waals surface area contributed by atoms with Gasteiger partial charge in [0.1, 0.15) is 17.5 Å². The first-order valence-corrected chi connectivity index (χ1v) is 7.18. The van der Waals surface area contributed by atoms with Crippen LogP contribution in [-0.4, -0.2) is 9.97 Å². The fourth-order valence-corrected chi connectivity index (χ4v) is 2.04. The number of nitrogen functional groups attached to an aromatic ring is 1. The van der Waals surface area contributed by atoms with Crippen LogP contribution in [0.5, 0.6) is 0 Å². The second-order valence-corrected chi connectivity index (χ2v) is 5.70. The molecule has 21 heavy (non-hydrogen) atoms. The van der Waals surface area contributed by atoms with Gasteiger partial charge in [-0.3, -0.25) is 0 Å². The molecule has 0 atom stereocenters. The number of benzene rings is 1. The summed E-state index contributed by atoms with van der Waals surface area (Å²) in [4.78, 5) is 8.98. The highest BCUT2D eigenvalue weighted by Crippen LogP contribution is 2.27. The summed E-state index contributed by atoms with van der Waals surface area (Å²) in [7, 11) is 0. The van der Waals surface area contributed by atoms with E-state index in [4.69, 9.17) is 17.4 Å². The number of hydrogen-bond acceptors (Lipinski definition) is 5. The SMILES string of the molecule is Cc1ccc(Nc2nc(C(C)C)nc(NN)c2C)cc1Cl. The lowest BCUT2D eigenvalue weighted by molar-refractivity contribution is 0.774. The van der Waals surface area contributed by atoms with Crippen molar-refractivity contribution in [1.82, 2.24) is 9.97 Å². The second-order valence-electron chi connectivity index (χ2n) is 5.29. The molecule has 6 heteroatoms. The number of anilines is 3. The molecule has 4 N–H and O–H groups in total. The molecular weight excluding hydrogens is 286 g/mol. The number of halogens is 1. The summed E-state index contributed by atoms with van der Waals surface area (Å²) >= 11 is 6.16. The summed E-state index contributed by atoms with van der Waals surface area (Å²) in [6.07, 6.45) is 0. The Labute approximate surface area is 129 Å². The van der Waals surface area contributed by atoms with E-state index in [0.717, 1.165) is 28.5 Å². The number of aromatic nitrogens is 2. The molecule has 1 heterocycles. The smallest absolute Gasteiger partial charge is 0.148 e. The van der Waals surface area contributed by atoms with E-state index in [1.54, 1.807) is 0 Å². The number of aryl methyl sites for hydroxylation is 1. The van der Waals surface area contributed by atoms with Crippen LogP contribution in [0, 0.1) is 13.8 Å². The Morgan fingerprint density at radius 2 is 1.81 bits per heavy atom. The second kappa shape index (κ2) is 6.28. The third-order valence-corrected chi connectivity index (χ3v) is 3.66. The third kappa shape index (κ3) is 3.43. The molecule has 0 fully saturated rings. The van der Waals surface area contributed by atoms with Gasteiger partial charge in [-0.25, -0.2) is 15.8 Å². The summed E-state index contributed by atoms with van der Waals surface area (Å²) in [6.45, 7) is 7.96. The van der Waals surface area contributed by atoms with Crippen LogP contribution in [0.4, 0.5) is 17.3 Å². The minimum Gasteiger partial charge on any atom is -0.340 e. The first-order chi connectivity index (χ1) is 9.92. The van der Waals surface area contributed by atoms with Crippen LogP contribution in [0.15, 0.2) is 18.2 Å². The molecule has 0 bridgehead atoms. The topological polar surface area (TPSA) is 75.9 Å². The zero-order chi connectivity index (χ0) is 15.6. The predicted molar refractivity (Wildman–Crippen MR) is 88.1 cm³/mol. The molecule has 112 valence electrons. The molecule has 0 radical (unpaired) electrons. The molecule has 0 saturated carbocycles. The molecule has 0 aliphatic heterocycles. The van der Waals surface area contributed by atoms with Gasteiger partial charge >= 0.3 is 0 Å². The first-order valence-electron chi connectivity index (χ1n) is 6.80. The molecule has 2 aromatic rings. The summed E-state index contributed by atoms with van der Waals surface area (Å²) < 4.78 is 0. The molecule has 0 aliphatic rings. The lowest BCUT2D eigenvalue weighted by atomic mass is 10.2. The third-order valence-electron chi connectivity index (χ3n) is 3.25. The molecule has 1 aromatic heterocycles. The highest BCUT2D eigenvalue weighted by Gasteiger charge is 2.13. The van der Waals surface area contributed by atoms with Gasteiger partial charge in [-0.05, 0) is 31.5 Å². The van der Waals surface area contributed by atoms with Crippen molar-refractivity contribution in [2.45, 2.75) is 33.6 Å². The van der Waals surface area contributed by atoms with Gasteiger partial charge in [-0.15, -0.1) is 0 Å². The van der Waals surface area contributed by atoms with Gasteiger partial charge in [0, 0.05) is 22.2 Å². The fourth-order valence-electron chi connectivity index (χ4n) is 1.86. The van der Waals surface area contributed by atoms with Gasteiger partial charge in [0.15, 0.2) is 0 Å². The number of hydrazine groups is 1. The zero-order valence-electron chi connectivity index (χ0n) is 12.7. The van der Waals surface area contributed by atoms with Crippen molar-refractivity contribution in [1.29, 1.82) is 0 Å². The van der Waals surface area contributed by atoms with E-state index in [1.807, 2.05) is 45.9 Å². The molecule has 1 aromatic carbocycles. The van der Waals surface area contributed by atoms with Crippen molar-refractivity contribution in [3.05, 3.63) is 40.2 Å². The van der Waals surface area contributed by atoms with Gasteiger partial charge in [0.2, 0.25) is 0 Å². The van der Waals surface area contributed by atoms with E-state index >= 15 is 0 Å². The van der Waals surface area contributed by atoms with Crippen molar-refractivity contribution in [3.8, 4) is 0 Å². The van der Waals surface area contributed by atoms with E-state index < -0.39 is 0 Å². The highest BCUT2D eigenvalue weighted by atomic mass is 35.5. The van der Waals surface area contributed by atoms with Gasteiger partial charge in [0.25, 0.3) is 0 Å². The van der Waals surface area contributed by atoms with Crippen molar-refractivity contribution < 1.29 is 0 Å². The van der Waals surface area contributed by atoms with Gasteiger partial charge in [0.05, 0.1) is 0 Å². The number of hydrogen-bond donors (Lipinski definition) is 3. The summed E-state index contributed by atoms with van der Waals surface area (Å²) in [5.74, 6) is 7.82. The number of nitrogens with two attached hydrogens (primary N) is 1. The van der Waals surface area contributed by atoms with Gasteiger partial charge in [-0.1, -0.05) is 31.5 Å². The average molecular weight is 306 g/mol. The molecule has 5 nitrogen and oxygen atoms in total. The van der Waals surface area contributed by atoms with Crippen LogP contribution in [0.3, 0.4) is 0 Å². The fraction of sp³-hybridized carbons (Fsp3) is 0.333. The molecule has 0 aliphatic carbocycles. The van der Waals surface area contributed by atoms with Crippen LogP contribution in [-0.2, 0) is 0 Å². The summed E-state index contributed by atoms with van der Waals surface area (Å²) in [5, 5.41) is 3.99. The lowest BCUT2D eigenvalue weighted by Crippen LogP contribution is -2.14. The number of nitrogens with one attached hydrogen (secondary N) is 2. The maximum absolute atomic E-state index is 6.16. The molecule has 0 amide bonds. The highest BCUT2D eigenvalue weighted by molar-refractivity contribution is 6.31. The van der Waals surface area contributed by atoms with Crippen LogP contribution < -0.4 is 16.6 Å². The maximum atomic E-state index is 6.16. The standard InChI is InChI=1S/C15H20ClN5/c1-8(2)13-19-14(10(4)15(20-13)21-17)18-11-6-5-9(3)12(16)7-11/h5-8H,17H2,1-4H3,(H2,18,19,20,21). The minimum atomic E-state index is 0.208. The Kier molecular flexibility index (Phi) is 4.65. The lowest BCUT2D eigenvalue weighted by Gasteiger charge is -2.15. The average Bonchev–Trinajstić information content (AvgIpc) is 2.44. The maximum Gasteiger partial charge on any atom is 0.148 e. The first kappa shape index (κ1) is 15.5. The Balaban J connectivity index is 2.42. The van der Waals surface area contributed by atoms with E-state index in [2.05, 4.69) is 20.7 Å². The van der Waals surface area contributed by atoms with Crippen molar-refractivity contribution in [3.63, 3.8) is 0 Å². The monoisotopic (exact) mass is 305 g/mol. The van der Waals surface area contributed by atoms with Crippen molar-refractivity contribution in [2.75, 3.05) is 10.7 Å². The molecular formula is C15H20ClN5. The molecule has 0 spiro atoms. The van der Waals surface area contributed by atoms with Gasteiger partial charge in [-0.2, -0.15) is 0 Å². The van der Waals surface area contributed by atoms with Crippen molar-refractivity contribution in [2.24, 2.45) is 5.84 Å². The van der Waals surface area contributed by atoms with E-state index in [-0.39, 0.29) is 5.92 Å². The van der Waals surface area contributed by atoms with Crippen molar-refractivity contribution >= 4 is 28.9 Å². The quantitative estimate of drug-likeness (QED) is 0.590. The van der Waals surface area contributed by atoms with E-state index in [9.17, 15) is 0 Å². The normalized spacial score (nSPS) is 10.8. The molecule has 0 saturated heterocycles. The van der Waals surface area contributed by atoms with E-state index in [1.165, 1.54) is 0 Å². The Morgan fingerprint density at radius 1 is 1.14 bits per heavy atom. The van der Waals surface area contributed by atoms with Gasteiger partial charge < -0.3 is 10.7 Å². The number of nitrogens with zero attached hydrogens (tertiary/aromatic N) is 2. The molecule has 0 unspecified atom stereocenters. The van der Waals surface area contributed by atoms with Crippen LogP contribution in [0.25, 0.3) is 0 Å². The Bertz CT molecular complexity index is 655. The predicted octanol–water partition coefficient (Wildman–Crippen LogP) is 3.90. The van der Waals surface area contributed by atoms with Crippen LogP contribution in [0.1, 0.15) is 36.7 Å².